The number of aldehydes is 1. The molecule has 2 saturated heterocycles. The Hall–Kier alpha value is -2.80. The smallest absolute Gasteiger partial charge is 0.309 e. The third-order valence-electron chi connectivity index (χ3n) is 10.9. The molecule has 3 aliphatic rings. The van der Waals surface area contributed by atoms with E-state index in [9.17, 15) is 34.5 Å². The number of aliphatic hydroxyl groups is 3. The van der Waals surface area contributed by atoms with Gasteiger partial charge in [-0.25, -0.2) is 0 Å². The van der Waals surface area contributed by atoms with E-state index >= 15 is 0 Å². The van der Waals surface area contributed by atoms with Crippen molar-refractivity contribution in [1.29, 1.82) is 0 Å². The largest absolute Gasteiger partial charge is 0.462 e. The van der Waals surface area contributed by atoms with Crippen molar-refractivity contribution in [3.63, 3.8) is 0 Å². The van der Waals surface area contributed by atoms with Crippen molar-refractivity contribution >= 4 is 24.2 Å². The predicted molar refractivity (Wildman–Crippen MR) is 205 cm³/mol. The average Bonchev–Trinajstić information content (AvgIpc) is 3.13. The summed E-state index contributed by atoms with van der Waals surface area (Å²) >= 11 is 0. The molecule has 0 radical (unpaired) electrons. The maximum atomic E-state index is 13.3. The molecule has 16 heteroatoms. The molecule has 3 aliphatic heterocycles. The predicted octanol–water partition coefficient (Wildman–Crippen LogP) is 2.77. The lowest BCUT2D eigenvalue weighted by atomic mass is 9.82. The van der Waals surface area contributed by atoms with Gasteiger partial charge in [0.05, 0.1) is 36.9 Å². The number of aliphatic hydroxyl groups excluding tert-OH is 2. The van der Waals surface area contributed by atoms with Crippen LogP contribution < -0.4 is 0 Å². The van der Waals surface area contributed by atoms with Crippen LogP contribution in [0.4, 0.5) is 0 Å². The molecule has 16 atom stereocenters. The second kappa shape index (κ2) is 22.5. The van der Waals surface area contributed by atoms with Gasteiger partial charge in [0.2, 0.25) is 0 Å². The number of methoxy groups -OCH3 is 1. The fourth-order valence-electron chi connectivity index (χ4n) is 7.82. The molecule has 0 aromatic heterocycles. The molecule has 326 valence electrons. The first-order valence-electron chi connectivity index (χ1n) is 20.1. The third-order valence-corrected chi connectivity index (χ3v) is 10.9. The van der Waals surface area contributed by atoms with Crippen LogP contribution in [0.2, 0.25) is 0 Å². The Morgan fingerprint density at radius 1 is 0.965 bits per heavy atom. The molecule has 2 fully saturated rings. The van der Waals surface area contributed by atoms with E-state index in [2.05, 4.69) is 0 Å². The molecule has 3 N–H and O–H groups in total. The summed E-state index contributed by atoms with van der Waals surface area (Å²) in [6.45, 7) is 11.8. The summed E-state index contributed by atoms with van der Waals surface area (Å²) in [6, 6.07) is -0.779. The number of rotatable bonds is 12. The minimum absolute atomic E-state index is 0.000633. The number of carbonyl (C=O) groups excluding carboxylic acids is 4. The molecule has 0 aromatic carbocycles. The van der Waals surface area contributed by atoms with E-state index in [0.29, 0.717) is 12.7 Å². The lowest BCUT2D eigenvalue weighted by molar-refractivity contribution is -0.344. The Kier molecular flexibility index (Phi) is 19.2. The van der Waals surface area contributed by atoms with Crippen LogP contribution in [0.3, 0.4) is 0 Å². The van der Waals surface area contributed by atoms with E-state index < -0.39 is 121 Å². The van der Waals surface area contributed by atoms with Crippen LogP contribution in [0, 0.1) is 11.8 Å². The summed E-state index contributed by atoms with van der Waals surface area (Å²) in [5.74, 6) is -2.82. The number of hydrogen-bond donors (Lipinski definition) is 3. The van der Waals surface area contributed by atoms with Crippen LogP contribution in [0.1, 0.15) is 93.4 Å². The van der Waals surface area contributed by atoms with Crippen LogP contribution in [0.25, 0.3) is 0 Å². The molecule has 0 bridgehead atoms. The topological polar surface area (TPSA) is 206 Å². The van der Waals surface area contributed by atoms with Gasteiger partial charge in [-0.1, -0.05) is 45.1 Å². The molecule has 3 heterocycles. The van der Waals surface area contributed by atoms with Gasteiger partial charge >= 0.3 is 17.9 Å². The van der Waals surface area contributed by atoms with E-state index in [-0.39, 0.29) is 32.1 Å². The first-order valence-corrected chi connectivity index (χ1v) is 20.1. The maximum Gasteiger partial charge on any atom is 0.309 e. The van der Waals surface area contributed by atoms with Gasteiger partial charge in [0.15, 0.2) is 18.7 Å². The lowest BCUT2D eigenvalue weighted by Gasteiger charge is -2.50. The van der Waals surface area contributed by atoms with Gasteiger partial charge in [0.25, 0.3) is 0 Å². The van der Waals surface area contributed by atoms with Gasteiger partial charge in [-0.2, -0.15) is 0 Å². The average molecular weight is 814 g/mol. The molecular formula is C41H67NO15. The number of ether oxygens (including phenoxy) is 8. The summed E-state index contributed by atoms with van der Waals surface area (Å²) in [5.41, 5.74) is -1.49. The Morgan fingerprint density at radius 3 is 2.23 bits per heavy atom. The third kappa shape index (κ3) is 13.6. The van der Waals surface area contributed by atoms with Crippen molar-refractivity contribution < 1.29 is 72.4 Å². The number of cyclic esters (lactones) is 1. The Morgan fingerprint density at radius 2 is 1.63 bits per heavy atom. The van der Waals surface area contributed by atoms with Gasteiger partial charge in [-0.15, -0.1) is 0 Å². The van der Waals surface area contributed by atoms with E-state index in [4.69, 9.17) is 37.9 Å². The van der Waals surface area contributed by atoms with Gasteiger partial charge in [-0.05, 0) is 60.0 Å². The molecule has 0 aromatic rings. The Balaban J connectivity index is 2.01. The second-order valence-corrected chi connectivity index (χ2v) is 16.0. The molecule has 16 nitrogen and oxygen atoms in total. The van der Waals surface area contributed by atoms with Crippen molar-refractivity contribution in [3.8, 4) is 0 Å². The number of likely N-dealkylation sites (N-methyl/N-ethyl adjacent to an activating group) is 1. The SMILES string of the molecule is CCC(=O)O[C@@H]1CC(=O)O[C@H](C)C/C=C\C=C\[C@H](O)[C@H](C)C[C@H](CC=O)[C@H](O[C@@H]2O[C@H](C)[C@@H](O[C@H]3C[C@@](C)(O)[C@@H](OC(=O)CC)[C@H](C)O3)[C@H](N(C)C)[C@H]2O)[C@@H]1OC. The first kappa shape index (κ1) is 48.6. The molecule has 0 saturated carbocycles. The summed E-state index contributed by atoms with van der Waals surface area (Å²) < 4.78 is 48.5. The van der Waals surface area contributed by atoms with E-state index in [1.54, 1.807) is 78.8 Å². The zero-order chi connectivity index (χ0) is 42.6. The van der Waals surface area contributed by atoms with Crippen LogP contribution in [-0.2, 0) is 57.1 Å². The number of esters is 3. The Bertz CT molecular complexity index is 1350. The zero-order valence-corrected chi connectivity index (χ0v) is 35.2. The highest BCUT2D eigenvalue weighted by Crippen LogP contribution is 2.37. The quantitative estimate of drug-likeness (QED) is 0.147. The highest BCUT2D eigenvalue weighted by molar-refractivity contribution is 5.72. The summed E-state index contributed by atoms with van der Waals surface area (Å²) in [6.07, 6.45) is -4.08. The maximum absolute atomic E-state index is 13.3. The van der Waals surface area contributed by atoms with Crippen LogP contribution in [0.5, 0.6) is 0 Å². The summed E-state index contributed by atoms with van der Waals surface area (Å²) in [7, 11) is 4.86. The zero-order valence-electron chi connectivity index (χ0n) is 35.2. The highest BCUT2D eigenvalue weighted by atomic mass is 16.7. The van der Waals surface area contributed by atoms with Gasteiger partial charge in [-0.3, -0.25) is 14.4 Å². The molecule has 0 unspecified atom stereocenters. The minimum atomic E-state index is -1.49. The van der Waals surface area contributed by atoms with Gasteiger partial charge in [0.1, 0.15) is 42.4 Å². The Labute approximate surface area is 337 Å². The standard InChI is InChI=1S/C41H67NO15/c1-11-30(45)54-29-21-32(47)51-24(4)16-14-13-15-17-28(44)23(3)20-27(18-19-43)37(38(29)50-10)57-40-35(48)34(42(8)9)36(25(5)53-40)56-33-22-41(7,49)39(26(6)52-33)55-31(46)12-2/h13-15,17,19,23-29,33-40,44,48-49H,11-12,16,18,20-22H2,1-10H3/b14-13-,17-15+/t23-,24-,25-,26+,27+,28+,29-,33+,34-,35-,36-,37+,38-,39+,40+,41-/m1/s1. The van der Waals surface area contributed by atoms with E-state index in [0.717, 1.165) is 0 Å². The van der Waals surface area contributed by atoms with Crippen molar-refractivity contribution in [1.82, 2.24) is 4.90 Å². The molecule has 57 heavy (non-hydrogen) atoms. The number of carbonyl (C=O) groups is 4. The first-order chi connectivity index (χ1) is 26.9. The van der Waals surface area contributed by atoms with Crippen LogP contribution in [0.15, 0.2) is 24.3 Å². The van der Waals surface area contributed by atoms with Gasteiger partial charge < -0.3 is 62.9 Å². The number of nitrogens with zero attached hydrogens (tertiary/aromatic N) is 1. The highest BCUT2D eigenvalue weighted by Gasteiger charge is 2.53. The fourth-order valence-corrected chi connectivity index (χ4v) is 7.82. The second-order valence-electron chi connectivity index (χ2n) is 16.0. The fraction of sp³-hybridized carbons (Fsp3) is 0.805. The van der Waals surface area contributed by atoms with Gasteiger partial charge in [0, 0.05) is 39.2 Å². The minimum Gasteiger partial charge on any atom is -0.462 e. The monoisotopic (exact) mass is 813 g/mol. The van der Waals surface area contributed by atoms with Crippen LogP contribution in [-0.4, -0.2) is 151 Å². The van der Waals surface area contributed by atoms with E-state index in [1.807, 2.05) is 13.0 Å². The van der Waals surface area contributed by atoms with Crippen molar-refractivity contribution in [2.75, 3.05) is 21.2 Å². The van der Waals surface area contributed by atoms with Crippen LogP contribution >= 0.6 is 0 Å². The molecule has 0 amide bonds. The molecular weight excluding hydrogens is 746 g/mol. The molecule has 0 spiro atoms. The number of hydrogen-bond acceptors (Lipinski definition) is 16. The molecule has 3 rings (SSSR count). The molecule has 0 aliphatic carbocycles. The van der Waals surface area contributed by atoms with E-state index in [1.165, 1.54) is 7.11 Å². The number of allylic oxidation sites excluding steroid dienone is 2. The van der Waals surface area contributed by atoms with Crippen molar-refractivity contribution in [2.45, 2.75) is 179 Å². The van der Waals surface area contributed by atoms with Crippen molar-refractivity contribution in [3.05, 3.63) is 24.3 Å². The summed E-state index contributed by atoms with van der Waals surface area (Å²) in [5, 5.41) is 34.5. The lowest BCUT2D eigenvalue weighted by Crippen LogP contribution is -2.66. The normalized spacial score (nSPS) is 41.1. The summed E-state index contributed by atoms with van der Waals surface area (Å²) in [4.78, 5) is 52.3. The van der Waals surface area contributed by atoms with Crippen molar-refractivity contribution in [2.24, 2.45) is 11.8 Å².